The molecule has 8 nitrogen and oxygen atoms in total. The lowest BCUT2D eigenvalue weighted by Crippen LogP contribution is -2.40. The second-order valence-corrected chi connectivity index (χ2v) is 6.04. The number of carbonyl (C=O) groups is 1. The Morgan fingerprint density at radius 2 is 2.20 bits per heavy atom. The summed E-state index contributed by atoms with van der Waals surface area (Å²) in [4.78, 5) is 22.7. The molecule has 134 valence electrons. The second kappa shape index (κ2) is 8.09. The zero-order valence-corrected chi connectivity index (χ0v) is 14.5. The van der Waals surface area contributed by atoms with Crippen LogP contribution >= 0.6 is 12.4 Å². The lowest BCUT2D eigenvalue weighted by atomic mass is 9.92. The monoisotopic (exact) mass is 365 g/mol. The van der Waals surface area contributed by atoms with E-state index in [2.05, 4.69) is 27.8 Å². The zero-order chi connectivity index (χ0) is 17.1. The Morgan fingerprint density at radius 3 is 2.92 bits per heavy atom. The number of nitrogens with zero attached hydrogens (tertiary/aromatic N) is 2. The van der Waals surface area contributed by atoms with Crippen LogP contribution < -0.4 is 10.6 Å². The van der Waals surface area contributed by atoms with Gasteiger partial charge in [-0.3, -0.25) is 20.0 Å². The first kappa shape index (κ1) is 18.9. The van der Waals surface area contributed by atoms with E-state index in [1.54, 1.807) is 18.2 Å². The van der Waals surface area contributed by atoms with Crippen LogP contribution in [0.5, 0.6) is 0 Å². The van der Waals surface area contributed by atoms with Crippen molar-refractivity contribution in [3.05, 3.63) is 40.4 Å². The highest BCUT2D eigenvalue weighted by Crippen LogP contribution is 2.24. The number of benzene rings is 1. The number of rotatable bonds is 4. The molecule has 9 heteroatoms. The van der Waals surface area contributed by atoms with Gasteiger partial charge in [-0.25, -0.2) is 0 Å². The summed E-state index contributed by atoms with van der Waals surface area (Å²) in [7, 11) is 0. The summed E-state index contributed by atoms with van der Waals surface area (Å²) >= 11 is 0. The molecule has 1 aromatic heterocycles. The van der Waals surface area contributed by atoms with E-state index in [-0.39, 0.29) is 29.9 Å². The highest BCUT2D eigenvalue weighted by molar-refractivity contribution is 5.92. The molecule has 1 amide bonds. The summed E-state index contributed by atoms with van der Waals surface area (Å²) in [6, 6.07) is 8.27. The first-order chi connectivity index (χ1) is 11.5. The average molecular weight is 366 g/mol. The molecule has 1 aliphatic heterocycles. The normalized spacial score (nSPS) is 19.7. The van der Waals surface area contributed by atoms with Crippen LogP contribution in [0.2, 0.25) is 0 Å². The van der Waals surface area contributed by atoms with Crippen molar-refractivity contribution in [3.8, 4) is 11.3 Å². The van der Waals surface area contributed by atoms with Crippen LogP contribution in [0.4, 0.5) is 11.5 Å². The molecule has 1 saturated heterocycles. The smallest absolute Gasteiger partial charge is 0.270 e. The molecule has 2 heterocycles. The number of hydrogen-bond donors (Lipinski definition) is 3. The van der Waals surface area contributed by atoms with E-state index in [1.165, 1.54) is 12.1 Å². The van der Waals surface area contributed by atoms with Crippen molar-refractivity contribution in [1.29, 1.82) is 0 Å². The predicted molar refractivity (Wildman–Crippen MR) is 96.7 cm³/mol. The second-order valence-electron chi connectivity index (χ2n) is 6.04. The van der Waals surface area contributed by atoms with Crippen LogP contribution in [0.25, 0.3) is 11.3 Å². The van der Waals surface area contributed by atoms with Crippen molar-refractivity contribution in [3.63, 3.8) is 0 Å². The molecule has 25 heavy (non-hydrogen) atoms. The maximum Gasteiger partial charge on any atom is 0.270 e. The number of H-pyrrole nitrogens is 1. The number of carbonyl (C=O) groups excluding carboxylic acids is 1. The third-order valence-electron chi connectivity index (χ3n) is 4.19. The highest BCUT2D eigenvalue weighted by Gasteiger charge is 2.25. The summed E-state index contributed by atoms with van der Waals surface area (Å²) in [6.07, 6.45) is 1.60. The van der Waals surface area contributed by atoms with Crippen molar-refractivity contribution in [2.24, 2.45) is 5.92 Å². The molecule has 1 aliphatic rings. The van der Waals surface area contributed by atoms with Gasteiger partial charge < -0.3 is 10.6 Å². The van der Waals surface area contributed by atoms with Crippen molar-refractivity contribution in [1.82, 2.24) is 15.5 Å². The molecule has 0 saturated carbocycles. The molecule has 0 aliphatic carbocycles. The lowest BCUT2D eigenvalue weighted by Gasteiger charge is -2.26. The minimum absolute atomic E-state index is 0. The number of aromatic nitrogens is 2. The number of amides is 1. The molecule has 0 bridgehead atoms. The number of nitrogens with one attached hydrogen (secondary N) is 3. The van der Waals surface area contributed by atoms with Crippen molar-refractivity contribution in [2.45, 2.75) is 25.8 Å². The Balaban J connectivity index is 0.00000225. The molecule has 1 aromatic carbocycles. The maximum atomic E-state index is 12.3. The minimum Gasteiger partial charge on any atom is -0.314 e. The summed E-state index contributed by atoms with van der Waals surface area (Å²) in [5.74, 6) is 0.354. The third kappa shape index (κ3) is 4.55. The molecule has 0 unspecified atom stereocenters. The Bertz CT molecular complexity index is 764. The van der Waals surface area contributed by atoms with Gasteiger partial charge in [0.2, 0.25) is 5.91 Å². The largest absolute Gasteiger partial charge is 0.314 e. The fourth-order valence-corrected chi connectivity index (χ4v) is 2.92. The number of anilines is 1. The zero-order valence-electron chi connectivity index (χ0n) is 13.7. The molecular formula is C16H20ClN5O3. The quantitative estimate of drug-likeness (QED) is 0.569. The van der Waals surface area contributed by atoms with E-state index in [9.17, 15) is 14.9 Å². The minimum atomic E-state index is -0.444. The number of nitro groups is 1. The fraction of sp³-hybridized carbons (Fsp3) is 0.375. The topological polar surface area (TPSA) is 113 Å². The van der Waals surface area contributed by atoms with E-state index in [1.807, 2.05) is 0 Å². The highest BCUT2D eigenvalue weighted by atomic mass is 35.5. The number of non-ortho nitro benzene ring substituents is 1. The van der Waals surface area contributed by atoms with Gasteiger partial charge in [0.25, 0.3) is 5.69 Å². The molecule has 3 N–H and O–H groups in total. The van der Waals surface area contributed by atoms with E-state index in [0.717, 1.165) is 19.4 Å². The van der Waals surface area contributed by atoms with Gasteiger partial charge >= 0.3 is 0 Å². The van der Waals surface area contributed by atoms with E-state index < -0.39 is 4.92 Å². The van der Waals surface area contributed by atoms with Crippen LogP contribution in [0, 0.1) is 16.0 Å². The van der Waals surface area contributed by atoms with Gasteiger partial charge in [-0.05, 0) is 26.3 Å². The molecule has 2 aromatic rings. The molecule has 0 radical (unpaired) electrons. The maximum absolute atomic E-state index is 12.3. The lowest BCUT2D eigenvalue weighted by molar-refractivity contribution is -0.384. The standard InChI is InChI=1S/C16H19N5O3.ClH/c1-10-7-12(5-6-17-10)16(22)18-15-9-14(19-20-15)11-3-2-4-13(8-11)21(23)24;/h2-4,8-10,12,17H,5-7H2,1H3,(H2,18,19,20,22);1H/t10-,12-;/m0./s1. The summed E-state index contributed by atoms with van der Waals surface area (Å²) in [5.41, 5.74) is 1.27. The molecule has 2 atom stereocenters. The van der Waals surface area contributed by atoms with Crippen LogP contribution in [-0.2, 0) is 4.79 Å². The predicted octanol–water partition coefficient (Wildman–Crippen LogP) is 2.73. The van der Waals surface area contributed by atoms with Crippen LogP contribution in [0.15, 0.2) is 30.3 Å². The molecular weight excluding hydrogens is 346 g/mol. The van der Waals surface area contributed by atoms with Crippen LogP contribution in [0.3, 0.4) is 0 Å². The van der Waals surface area contributed by atoms with Gasteiger partial charge in [-0.15, -0.1) is 12.4 Å². The molecule has 1 fully saturated rings. The van der Waals surface area contributed by atoms with Gasteiger partial charge in [0.15, 0.2) is 5.82 Å². The van der Waals surface area contributed by atoms with Gasteiger partial charge in [-0.1, -0.05) is 12.1 Å². The van der Waals surface area contributed by atoms with Gasteiger partial charge in [0, 0.05) is 35.7 Å². The SMILES string of the molecule is C[C@H]1C[C@@H](C(=O)Nc2cc(-c3cccc([N+](=O)[O-])c3)[nH]n2)CCN1.Cl. The van der Waals surface area contributed by atoms with Crippen molar-refractivity contribution >= 4 is 29.8 Å². The van der Waals surface area contributed by atoms with Gasteiger partial charge in [0.05, 0.1) is 10.6 Å². The Labute approximate surface area is 151 Å². The van der Waals surface area contributed by atoms with E-state index in [0.29, 0.717) is 23.1 Å². The van der Waals surface area contributed by atoms with Crippen LogP contribution in [0.1, 0.15) is 19.8 Å². The van der Waals surface area contributed by atoms with E-state index in [4.69, 9.17) is 0 Å². The average Bonchev–Trinajstić information content (AvgIpc) is 3.03. The summed E-state index contributed by atoms with van der Waals surface area (Å²) < 4.78 is 0. The Morgan fingerprint density at radius 1 is 1.40 bits per heavy atom. The van der Waals surface area contributed by atoms with Crippen LogP contribution in [-0.4, -0.2) is 33.6 Å². The van der Waals surface area contributed by atoms with Gasteiger partial charge in [-0.2, -0.15) is 5.10 Å². The Hall–Kier alpha value is -2.45. The molecule has 0 spiro atoms. The van der Waals surface area contributed by atoms with Gasteiger partial charge in [0.1, 0.15) is 0 Å². The number of nitro benzene ring substituents is 1. The number of hydrogen-bond acceptors (Lipinski definition) is 5. The first-order valence-electron chi connectivity index (χ1n) is 7.87. The third-order valence-corrected chi connectivity index (χ3v) is 4.19. The number of halogens is 1. The summed E-state index contributed by atoms with van der Waals surface area (Å²) in [5, 5.41) is 23.9. The first-order valence-corrected chi connectivity index (χ1v) is 7.87. The summed E-state index contributed by atoms with van der Waals surface area (Å²) in [6.45, 7) is 2.90. The fourth-order valence-electron chi connectivity index (χ4n) is 2.92. The van der Waals surface area contributed by atoms with Crippen molar-refractivity contribution in [2.75, 3.05) is 11.9 Å². The van der Waals surface area contributed by atoms with E-state index >= 15 is 0 Å². The number of aromatic amines is 1. The Kier molecular flexibility index (Phi) is 6.11. The number of piperidine rings is 1. The van der Waals surface area contributed by atoms with Crippen molar-refractivity contribution < 1.29 is 9.72 Å². The molecule has 3 rings (SSSR count).